The maximum atomic E-state index is 13.2. The number of anilines is 1. The number of hydrogen-bond donors (Lipinski definition) is 3. The Morgan fingerprint density at radius 1 is 0.933 bits per heavy atom. The Kier molecular flexibility index (Phi) is 4.80. The van der Waals surface area contributed by atoms with E-state index in [0.717, 1.165) is 42.7 Å². The summed E-state index contributed by atoms with van der Waals surface area (Å²) in [5.41, 5.74) is 6.07. The van der Waals surface area contributed by atoms with E-state index in [-0.39, 0.29) is 11.4 Å². The molecule has 3 aromatic rings. The molecule has 2 fully saturated rings. The van der Waals surface area contributed by atoms with Gasteiger partial charge in [0, 0.05) is 24.3 Å². The number of aryl methyl sites for hydroxylation is 1. The van der Waals surface area contributed by atoms with Crippen LogP contribution in [0.3, 0.4) is 0 Å². The van der Waals surface area contributed by atoms with Crippen LogP contribution >= 0.6 is 0 Å². The van der Waals surface area contributed by atoms with E-state index < -0.39 is 0 Å². The molecule has 1 saturated heterocycles. The van der Waals surface area contributed by atoms with Crippen molar-refractivity contribution in [3.05, 3.63) is 89.5 Å². The van der Waals surface area contributed by atoms with Crippen LogP contribution < -0.4 is 16.0 Å². The van der Waals surface area contributed by atoms with Crippen LogP contribution in [0.5, 0.6) is 0 Å². The summed E-state index contributed by atoms with van der Waals surface area (Å²) >= 11 is 0. The Balaban J connectivity index is 1.37. The van der Waals surface area contributed by atoms with Crippen molar-refractivity contribution in [3.8, 4) is 11.1 Å². The lowest BCUT2D eigenvalue weighted by Crippen LogP contribution is -2.51. The smallest absolute Gasteiger partial charge is 0.252 e. The molecular formula is C26H27N3O. The zero-order chi connectivity index (χ0) is 20.6. The standard InChI is InChI=1S/C26H27N3O/c1-18-10-11-22(28-23-16-27-17-23)15-24(18)25(30)29-26(12-13-26)21-9-5-8-20(14-21)19-6-3-2-4-7-19/h2-11,14-15,23,27-28H,12-13,16-17H2,1H3,(H,29,30). The summed E-state index contributed by atoms with van der Waals surface area (Å²) in [6.07, 6.45) is 1.95. The van der Waals surface area contributed by atoms with Crippen LogP contribution in [0.4, 0.5) is 5.69 Å². The third-order valence-corrected chi connectivity index (χ3v) is 6.26. The number of amides is 1. The molecule has 4 heteroatoms. The molecule has 2 aliphatic rings. The van der Waals surface area contributed by atoms with Gasteiger partial charge in [0.2, 0.25) is 0 Å². The first-order valence-corrected chi connectivity index (χ1v) is 10.7. The van der Waals surface area contributed by atoms with Gasteiger partial charge in [-0.3, -0.25) is 4.79 Å². The summed E-state index contributed by atoms with van der Waals surface area (Å²) in [6, 6.07) is 25.5. The van der Waals surface area contributed by atoms with Crippen molar-refractivity contribution in [2.24, 2.45) is 0 Å². The first-order valence-electron chi connectivity index (χ1n) is 10.7. The molecule has 152 valence electrons. The number of carbonyl (C=O) groups is 1. The molecule has 1 aliphatic carbocycles. The second-order valence-electron chi connectivity index (χ2n) is 8.51. The lowest BCUT2D eigenvalue weighted by molar-refractivity contribution is 0.0930. The quantitative estimate of drug-likeness (QED) is 0.575. The molecule has 0 unspecified atom stereocenters. The van der Waals surface area contributed by atoms with Crippen LogP contribution in [-0.2, 0) is 5.54 Å². The predicted octanol–water partition coefficient (Wildman–Crippen LogP) is 4.46. The van der Waals surface area contributed by atoms with Crippen LogP contribution in [0.1, 0.15) is 34.3 Å². The van der Waals surface area contributed by atoms with E-state index in [2.05, 4.69) is 70.5 Å². The van der Waals surface area contributed by atoms with Crippen molar-refractivity contribution in [3.63, 3.8) is 0 Å². The van der Waals surface area contributed by atoms with E-state index in [9.17, 15) is 4.79 Å². The second-order valence-corrected chi connectivity index (χ2v) is 8.51. The van der Waals surface area contributed by atoms with Gasteiger partial charge in [0.15, 0.2) is 0 Å². The van der Waals surface area contributed by atoms with Crippen molar-refractivity contribution in [1.29, 1.82) is 0 Å². The number of carbonyl (C=O) groups excluding carboxylic acids is 1. The highest BCUT2D eigenvalue weighted by Gasteiger charge is 2.46. The van der Waals surface area contributed by atoms with Gasteiger partial charge in [-0.2, -0.15) is 0 Å². The van der Waals surface area contributed by atoms with Crippen molar-refractivity contribution in [2.45, 2.75) is 31.3 Å². The molecule has 0 bridgehead atoms. The zero-order valence-corrected chi connectivity index (χ0v) is 17.2. The molecule has 5 rings (SSSR count). The highest BCUT2D eigenvalue weighted by atomic mass is 16.1. The van der Waals surface area contributed by atoms with Gasteiger partial charge in [-0.15, -0.1) is 0 Å². The summed E-state index contributed by atoms with van der Waals surface area (Å²) < 4.78 is 0. The van der Waals surface area contributed by atoms with Crippen molar-refractivity contribution >= 4 is 11.6 Å². The highest BCUT2D eigenvalue weighted by molar-refractivity contribution is 5.97. The minimum Gasteiger partial charge on any atom is -0.380 e. The Morgan fingerprint density at radius 3 is 2.40 bits per heavy atom. The number of nitrogens with one attached hydrogen (secondary N) is 3. The lowest BCUT2D eigenvalue weighted by atomic mass is 9.97. The summed E-state index contributed by atoms with van der Waals surface area (Å²) in [7, 11) is 0. The van der Waals surface area contributed by atoms with Gasteiger partial charge in [-0.05, 0) is 60.2 Å². The van der Waals surface area contributed by atoms with Crippen LogP contribution in [0.15, 0.2) is 72.8 Å². The topological polar surface area (TPSA) is 53.2 Å². The maximum absolute atomic E-state index is 13.2. The molecule has 0 atom stereocenters. The van der Waals surface area contributed by atoms with E-state index in [0.29, 0.717) is 6.04 Å². The average Bonchev–Trinajstić information content (AvgIpc) is 3.53. The lowest BCUT2D eigenvalue weighted by Gasteiger charge is -2.29. The van der Waals surface area contributed by atoms with Gasteiger partial charge >= 0.3 is 0 Å². The van der Waals surface area contributed by atoms with Gasteiger partial charge in [0.05, 0.1) is 11.6 Å². The fourth-order valence-electron chi connectivity index (χ4n) is 4.11. The van der Waals surface area contributed by atoms with Crippen LogP contribution in [0.2, 0.25) is 0 Å². The van der Waals surface area contributed by atoms with Gasteiger partial charge in [-0.1, -0.05) is 54.6 Å². The third kappa shape index (κ3) is 3.71. The second kappa shape index (κ2) is 7.62. The predicted molar refractivity (Wildman–Crippen MR) is 122 cm³/mol. The Bertz CT molecular complexity index is 1070. The summed E-state index contributed by atoms with van der Waals surface area (Å²) in [6.45, 7) is 3.94. The molecule has 0 radical (unpaired) electrons. The van der Waals surface area contributed by atoms with Crippen LogP contribution in [0.25, 0.3) is 11.1 Å². The molecule has 0 spiro atoms. The largest absolute Gasteiger partial charge is 0.380 e. The van der Waals surface area contributed by atoms with Crippen molar-refractivity contribution in [1.82, 2.24) is 10.6 Å². The molecule has 1 heterocycles. The summed E-state index contributed by atoms with van der Waals surface area (Å²) in [5.74, 6) is 0.00509. The monoisotopic (exact) mass is 397 g/mol. The number of hydrogen-bond acceptors (Lipinski definition) is 3. The zero-order valence-electron chi connectivity index (χ0n) is 17.2. The van der Waals surface area contributed by atoms with Gasteiger partial charge in [-0.25, -0.2) is 0 Å². The first kappa shape index (κ1) is 18.9. The fourth-order valence-corrected chi connectivity index (χ4v) is 4.11. The van der Waals surface area contributed by atoms with E-state index in [1.54, 1.807) is 0 Å². The third-order valence-electron chi connectivity index (χ3n) is 6.26. The van der Waals surface area contributed by atoms with Crippen molar-refractivity contribution in [2.75, 3.05) is 18.4 Å². The molecule has 30 heavy (non-hydrogen) atoms. The molecular weight excluding hydrogens is 370 g/mol. The molecule has 1 amide bonds. The fraction of sp³-hybridized carbons (Fsp3) is 0.269. The van der Waals surface area contributed by atoms with Crippen LogP contribution in [0, 0.1) is 6.92 Å². The van der Waals surface area contributed by atoms with E-state index >= 15 is 0 Å². The molecule has 4 nitrogen and oxygen atoms in total. The first-order chi connectivity index (χ1) is 14.6. The molecule has 3 N–H and O–H groups in total. The Morgan fingerprint density at radius 2 is 1.70 bits per heavy atom. The van der Waals surface area contributed by atoms with E-state index in [4.69, 9.17) is 0 Å². The molecule has 1 aliphatic heterocycles. The highest BCUT2D eigenvalue weighted by Crippen LogP contribution is 2.46. The minimum atomic E-state index is -0.254. The van der Waals surface area contributed by atoms with Gasteiger partial charge in [0.1, 0.15) is 0 Å². The molecule has 1 saturated carbocycles. The SMILES string of the molecule is Cc1ccc(NC2CNC2)cc1C(=O)NC1(c2cccc(-c3ccccc3)c2)CC1. The minimum absolute atomic E-state index is 0.00509. The van der Waals surface area contributed by atoms with Gasteiger partial charge in [0.25, 0.3) is 5.91 Å². The Hall–Kier alpha value is -3.11. The molecule has 3 aromatic carbocycles. The van der Waals surface area contributed by atoms with E-state index in [1.165, 1.54) is 16.7 Å². The van der Waals surface area contributed by atoms with Crippen LogP contribution in [-0.4, -0.2) is 25.0 Å². The molecule has 0 aromatic heterocycles. The van der Waals surface area contributed by atoms with E-state index in [1.807, 2.05) is 25.1 Å². The normalized spacial score (nSPS) is 17.1. The summed E-state index contributed by atoms with van der Waals surface area (Å²) in [5, 5.41) is 10.1. The maximum Gasteiger partial charge on any atom is 0.252 e. The number of rotatable bonds is 6. The Labute approximate surface area is 177 Å². The summed E-state index contributed by atoms with van der Waals surface area (Å²) in [4.78, 5) is 13.2. The number of benzene rings is 3. The van der Waals surface area contributed by atoms with Gasteiger partial charge < -0.3 is 16.0 Å². The van der Waals surface area contributed by atoms with Crippen molar-refractivity contribution < 1.29 is 4.79 Å². The average molecular weight is 398 g/mol.